The van der Waals surface area contributed by atoms with E-state index in [9.17, 15) is 13.2 Å². The average molecular weight is 562 g/mol. The summed E-state index contributed by atoms with van der Waals surface area (Å²) in [5, 5.41) is 0.948. The van der Waals surface area contributed by atoms with Crippen LogP contribution in [-0.2, 0) is 21.4 Å². The van der Waals surface area contributed by atoms with E-state index in [-0.39, 0.29) is 30.4 Å². The first-order chi connectivity index (χ1) is 17.7. The summed E-state index contributed by atoms with van der Waals surface area (Å²) in [6.07, 6.45) is 1.43. The highest BCUT2D eigenvalue weighted by molar-refractivity contribution is 7.89. The molecule has 0 aromatic heterocycles. The van der Waals surface area contributed by atoms with Crippen molar-refractivity contribution in [3.05, 3.63) is 94.5 Å². The van der Waals surface area contributed by atoms with Gasteiger partial charge in [-0.3, -0.25) is 4.79 Å². The van der Waals surface area contributed by atoms with E-state index in [0.29, 0.717) is 41.7 Å². The Balaban J connectivity index is 1.57. The lowest BCUT2D eigenvalue weighted by Gasteiger charge is -2.42. The van der Waals surface area contributed by atoms with Gasteiger partial charge in [-0.25, -0.2) is 8.42 Å². The van der Waals surface area contributed by atoms with E-state index in [1.807, 2.05) is 30.3 Å². The zero-order valence-electron chi connectivity index (χ0n) is 20.6. The number of amides is 1. The lowest BCUT2D eigenvalue weighted by Crippen LogP contribution is -2.50. The molecular weight excluding hydrogens is 531 g/mol. The van der Waals surface area contributed by atoms with Crippen molar-refractivity contribution in [1.29, 1.82) is 0 Å². The van der Waals surface area contributed by atoms with Crippen molar-refractivity contribution in [3.63, 3.8) is 0 Å². The van der Waals surface area contributed by atoms with Gasteiger partial charge >= 0.3 is 0 Å². The molecule has 0 saturated carbocycles. The summed E-state index contributed by atoms with van der Waals surface area (Å²) in [7, 11) is -2.03. The Bertz CT molecular complexity index is 1320. The van der Waals surface area contributed by atoms with Crippen molar-refractivity contribution in [1.82, 2.24) is 9.21 Å². The average Bonchev–Trinajstić information content (AvgIpc) is 2.89. The van der Waals surface area contributed by atoms with Crippen LogP contribution in [0, 0.1) is 5.41 Å². The molecule has 0 unspecified atom stereocenters. The fourth-order valence-corrected chi connectivity index (χ4v) is 6.64. The zero-order chi connectivity index (χ0) is 26.5. The Kier molecular flexibility index (Phi) is 8.80. The summed E-state index contributed by atoms with van der Waals surface area (Å²) in [4.78, 5) is 15.2. The number of benzene rings is 3. The van der Waals surface area contributed by atoms with Gasteiger partial charge in [0.25, 0.3) is 0 Å². The second-order valence-corrected chi connectivity index (χ2v) is 12.4. The first-order valence-electron chi connectivity index (χ1n) is 12.1. The molecule has 3 aromatic carbocycles. The Labute approximate surface area is 228 Å². The molecular formula is C28H30Cl2N2O4S. The SMILES string of the molecule is CN(Cc1ccccc1)C(=O)C[C@]1(COc2ccc(Cl)cc2)CCCN(S(=O)(=O)c2cccc(Cl)c2)C1. The first-order valence-corrected chi connectivity index (χ1v) is 14.3. The molecule has 0 N–H and O–H groups in total. The zero-order valence-corrected chi connectivity index (χ0v) is 23.0. The third-order valence-corrected chi connectivity index (χ3v) is 8.96. The van der Waals surface area contributed by atoms with E-state index >= 15 is 0 Å². The van der Waals surface area contributed by atoms with Crippen LogP contribution in [0.3, 0.4) is 0 Å². The summed E-state index contributed by atoms with van der Waals surface area (Å²) < 4.78 is 34.6. The monoisotopic (exact) mass is 560 g/mol. The summed E-state index contributed by atoms with van der Waals surface area (Å²) in [6, 6.07) is 23.0. The van der Waals surface area contributed by atoms with Crippen molar-refractivity contribution in [2.75, 3.05) is 26.7 Å². The Morgan fingerprint density at radius 2 is 1.73 bits per heavy atom. The van der Waals surface area contributed by atoms with Gasteiger partial charge in [0.05, 0.1) is 11.5 Å². The molecule has 1 aliphatic heterocycles. The number of hydrogen-bond donors (Lipinski definition) is 0. The van der Waals surface area contributed by atoms with Crippen LogP contribution in [0.15, 0.2) is 83.8 Å². The highest BCUT2D eigenvalue weighted by Crippen LogP contribution is 2.37. The third kappa shape index (κ3) is 7.05. The molecule has 37 heavy (non-hydrogen) atoms. The summed E-state index contributed by atoms with van der Waals surface area (Å²) in [6.45, 7) is 1.20. The molecule has 1 aliphatic rings. The van der Waals surface area contributed by atoms with Gasteiger partial charge < -0.3 is 9.64 Å². The normalized spacial score (nSPS) is 18.4. The number of rotatable bonds is 9. The van der Waals surface area contributed by atoms with Crippen molar-refractivity contribution in [3.8, 4) is 5.75 Å². The predicted octanol–water partition coefficient (Wildman–Crippen LogP) is 5.89. The highest BCUT2D eigenvalue weighted by Gasteiger charge is 2.43. The topological polar surface area (TPSA) is 66.9 Å². The smallest absolute Gasteiger partial charge is 0.243 e. The number of ether oxygens (including phenoxy) is 1. The predicted molar refractivity (Wildman–Crippen MR) is 146 cm³/mol. The maximum atomic E-state index is 13.5. The van der Waals surface area contributed by atoms with Crippen LogP contribution >= 0.6 is 23.2 Å². The molecule has 4 rings (SSSR count). The van der Waals surface area contributed by atoms with Crippen molar-refractivity contribution in [2.45, 2.75) is 30.7 Å². The molecule has 1 atom stereocenters. The van der Waals surface area contributed by atoms with Crippen LogP contribution in [0.2, 0.25) is 10.0 Å². The first kappa shape index (κ1) is 27.5. The second kappa shape index (κ2) is 11.9. The van der Waals surface area contributed by atoms with Gasteiger partial charge in [0.2, 0.25) is 15.9 Å². The van der Waals surface area contributed by atoms with Crippen molar-refractivity contribution >= 4 is 39.1 Å². The quantitative estimate of drug-likeness (QED) is 0.327. The molecule has 0 spiro atoms. The lowest BCUT2D eigenvalue weighted by molar-refractivity contribution is -0.134. The van der Waals surface area contributed by atoms with Crippen LogP contribution in [0.25, 0.3) is 0 Å². The lowest BCUT2D eigenvalue weighted by atomic mass is 9.78. The van der Waals surface area contributed by atoms with Gasteiger partial charge in [-0.15, -0.1) is 0 Å². The van der Waals surface area contributed by atoms with E-state index in [2.05, 4.69) is 0 Å². The Morgan fingerprint density at radius 1 is 1.00 bits per heavy atom. The van der Waals surface area contributed by atoms with E-state index < -0.39 is 15.4 Å². The summed E-state index contributed by atoms with van der Waals surface area (Å²) in [5.74, 6) is 0.550. The number of hydrogen-bond acceptors (Lipinski definition) is 4. The minimum absolute atomic E-state index is 0.0643. The Morgan fingerprint density at radius 3 is 2.43 bits per heavy atom. The minimum Gasteiger partial charge on any atom is -0.493 e. The molecule has 1 fully saturated rings. The molecule has 1 saturated heterocycles. The fraction of sp³-hybridized carbons (Fsp3) is 0.321. The molecule has 9 heteroatoms. The molecule has 3 aromatic rings. The molecule has 6 nitrogen and oxygen atoms in total. The standard InChI is InChI=1S/C28H30Cl2N2O4S/c1-31(19-22-7-3-2-4-8-22)27(33)18-28(21-36-25-13-11-23(29)12-14-25)15-6-16-32(20-28)37(34,35)26-10-5-9-24(30)17-26/h2-5,7-14,17H,6,15-16,18-21H2,1H3/t28-/m1/s1. The molecule has 1 amide bonds. The van der Waals surface area contributed by atoms with Crippen LogP contribution in [-0.4, -0.2) is 50.3 Å². The highest BCUT2D eigenvalue weighted by atomic mass is 35.5. The number of carbonyl (C=O) groups is 1. The van der Waals surface area contributed by atoms with Gasteiger partial charge in [0.1, 0.15) is 5.75 Å². The van der Waals surface area contributed by atoms with Gasteiger partial charge in [-0.1, -0.05) is 59.6 Å². The van der Waals surface area contributed by atoms with Crippen LogP contribution in [0.1, 0.15) is 24.8 Å². The number of carbonyl (C=O) groups excluding carboxylic acids is 1. The van der Waals surface area contributed by atoms with E-state index in [1.165, 1.54) is 10.4 Å². The van der Waals surface area contributed by atoms with Crippen molar-refractivity contribution in [2.24, 2.45) is 5.41 Å². The van der Waals surface area contributed by atoms with E-state index in [1.54, 1.807) is 54.4 Å². The summed E-state index contributed by atoms with van der Waals surface area (Å²) >= 11 is 12.1. The van der Waals surface area contributed by atoms with Gasteiger partial charge in [0, 0.05) is 48.6 Å². The maximum Gasteiger partial charge on any atom is 0.243 e. The number of nitrogens with zero attached hydrogens (tertiary/aromatic N) is 2. The summed E-state index contributed by atoms with van der Waals surface area (Å²) in [5.41, 5.74) is 0.324. The Hall–Kier alpha value is -2.58. The van der Waals surface area contributed by atoms with Crippen molar-refractivity contribution < 1.29 is 17.9 Å². The van der Waals surface area contributed by atoms with E-state index in [4.69, 9.17) is 27.9 Å². The molecule has 196 valence electrons. The third-order valence-electron chi connectivity index (χ3n) is 6.63. The number of piperidine rings is 1. The van der Waals surface area contributed by atoms with Gasteiger partial charge in [0.15, 0.2) is 0 Å². The van der Waals surface area contributed by atoms with Crippen LogP contribution < -0.4 is 4.74 Å². The maximum absolute atomic E-state index is 13.5. The minimum atomic E-state index is -3.80. The van der Waals surface area contributed by atoms with E-state index in [0.717, 1.165) is 5.56 Å². The molecule has 1 heterocycles. The molecule has 0 radical (unpaired) electrons. The fourth-order valence-electron chi connectivity index (χ4n) is 4.63. The second-order valence-electron chi connectivity index (χ2n) is 9.55. The number of halogens is 2. The van der Waals surface area contributed by atoms with Gasteiger partial charge in [-0.2, -0.15) is 4.31 Å². The largest absolute Gasteiger partial charge is 0.493 e. The van der Waals surface area contributed by atoms with Crippen LogP contribution in [0.4, 0.5) is 0 Å². The van der Waals surface area contributed by atoms with Crippen LogP contribution in [0.5, 0.6) is 5.75 Å². The molecule has 0 aliphatic carbocycles. The van der Waals surface area contributed by atoms with Gasteiger partial charge in [-0.05, 0) is 60.9 Å². The number of sulfonamides is 1. The molecule has 0 bridgehead atoms.